The quantitative estimate of drug-likeness (QED) is 0.605. The van der Waals surface area contributed by atoms with E-state index in [0.717, 1.165) is 16.9 Å². The number of rotatable bonds is 5. The lowest BCUT2D eigenvalue weighted by Gasteiger charge is -2.20. The van der Waals surface area contributed by atoms with E-state index in [2.05, 4.69) is 5.32 Å². The number of nitrogens with one attached hydrogen (secondary N) is 1. The van der Waals surface area contributed by atoms with E-state index in [1.165, 1.54) is 0 Å². The fraction of sp³-hybridized carbons (Fsp3) is 0.600. The van der Waals surface area contributed by atoms with Gasteiger partial charge in [0.15, 0.2) is 0 Å². The molecule has 2 rings (SSSR count). The van der Waals surface area contributed by atoms with Gasteiger partial charge in [-0.25, -0.2) is 0 Å². The predicted molar refractivity (Wildman–Crippen MR) is 63.1 cm³/mol. The zero-order chi connectivity index (χ0) is 12.3. The molecule has 6 nitrogen and oxygen atoms in total. The molecule has 7 heteroatoms. The van der Waals surface area contributed by atoms with Gasteiger partial charge in [-0.15, -0.1) is 0 Å². The minimum absolute atomic E-state index is 0.143. The van der Waals surface area contributed by atoms with Gasteiger partial charge >= 0.3 is 5.00 Å². The smallest absolute Gasteiger partial charge is 0.324 e. The molecule has 0 amide bonds. The molecule has 0 spiro atoms. The molecule has 1 unspecified atom stereocenters. The number of nitro groups is 1. The minimum atomic E-state index is -0.790. The number of nitrogens with zero attached hydrogens (tertiary/aromatic N) is 1. The van der Waals surface area contributed by atoms with E-state index in [0.29, 0.717) is 32.7 Å². The van der Waals surface area contributed by atoms with Gasteiger partial charge in [0.2, 0.25) is 0 Å². The van der Waals surface area contributed by atoms with Crippen molar-refractivity contribution in [1.82, 2.24) is 5.32 Å². The van der Waals surface area contributed by atoms with Crippen LogP contribution in [-0.2, 0) is 11.3 Å². The molecular formula is C10H14N2O4S. The Hall–Kier alpha value is -1.02. The third kappa shape index (κ3) is 3.22. The number of hydrogen-bond donors (Lipinski definition) is 2. The van der Waals surface area contributed by atoms with E-state index in [-0.39, 0.29) is 5.00 Å². The summed E-state index contributed by atoms with van der Waals surface area (Å²) in [5.74, 6) is 0. The van der Waals surface area contributed by atoms with E-state index in [1.807, 2.05) is 0 Å². The Balaban J connectivity index is 1.79. The summed E-state index contributed by atoms with van der Waals surface area (Å²) in [5, 5.41) is 25.4. The highest BCUT2D eigenvalue weighted by Gasteiger charge is 2.31. The lowest BCUT2D eigenvalue weighted by Crippen LogP contribution is -2.40. The van der Waals surface area contributed by atoms with Crippen molar-refractivity contribution in [3.63, 3.8) is 0 Å². The van der Waals surface area contributed by atoms with Crippen molar-refractivity contribution in [3.8, 4) is 0 Å². The van der Waals surface area contributed by atoms with Gasteiger partial charge in [-0.2, -0.15) is 0 Å². The second kappa shape index (κ2) is 5.09. The summed E-state index contributed by atoms with van der Waals surface area (Å²) >= 11 is 1.11. The molecule has 1 fully saturated rings. The normalized spacial score (nSPS) is 24.1. The van der Waals surface area contributed by atoms with Crippen LogP contribution in [0.25, 0.3) is 0 Å². The molecule has 1 atom stereocenters. The Morgan fingerprint density at radius 2 is 2.53 bits per heavy atom. The Kier molecular flexibility index (Phi) is 3.72. The molecule has 2 N–H and O–H groups in total. The molecule has 1 saturated heterocycles. The molecule has 0 radical (unpaired) electrons. The van der Waals surface area contributed by atoms with Crippen LogP contribution >= 0.6 is 11.3 Å². The van der Waals surface area contributed by atoms with E-state index < -0.39 is 10.5 Å². The number of ether oxygens (including phenoxy) is 1. The van der Waals surface area contributed by atoms with Crippen molar-refractivity contribution in [2.45, 2.75) is 18.6 Å². The Morgan fingerprint density at radius 1 is 1.71 bits per heavy atom. The zero-order valence-corrected chi connectivity index (χ0v) is 10.0. The largest absolute Gasteiger partial charge is 0.386 e. The molecular weight excluding hydrogens is 244 g/mol. The van der Waals surface area contributed by atoms with Crippen LogP contribution in [0.15, 0.2) is 11.4 Å². The average molecular weight is 258 g/mol. The van der Waals surface area contributed by atoms with Crippen molar-refractivity contribution in [2.75, 3.05) is 19.8 Å². The van der Waals surface area contributed by atoms with E-state index in [9.17, 15) is 15.2 Å². The second-order valence-corrected chi connectivity index (χ2v) is 5.07. The third-order valence-electron chi connectivity index (χ3n) is 2.69. The van der Waals surface area contributed by atoms with Gasteiger partial charge in [-0.05, 0) is 5.56 Å². The zero-order valence-electron chi connectivity index (χ0n) is 9.22. The fourth-order valence-corrected chi connectivity index (χ4v) is 2.46. The maximum absolute atomic E-state index is 10.5. The summed E-state index contributed by atoms with van der Waals surface area (Å²) in [6.07, 6.45) is 0.629. The van der Waals surface area contributed by atoms with Gasteiger partial charge in [0.25, 0.3) is 0 Å². The molecule has 0 bridgehead atoms. The molecule has 1 aromatic heterocycles. The van der Waals surface area contributed by atoms with Crippen molar-refractivity contribution in [2.24, 2.45) is 0 Å². The Bertz CT molecular complexity index is 401. The summed E-state index contributed by atoms with van der Waals surface area (Å²) < 4.78 is 5.12. The first-order valence-electron chi connectivity index (χ1n) is 5.32. The standard InChI is InChI=1S/C10H14N2O4S/c13-10(1-2-16-7-10)6-11-4-8-3-9(12(14)15)17-5-8/h3,5,11,13H,1-2,4,6-7H2. The van der Waals surface area contributed by atoms with Crippen molar-refractivity contribution in [3.05, 3.63) is 27.1 Å². The molecule has 0 aliphatic carbocycles. The SMILES string of the molecule is O=[N+]([O-])c1cc(CNCC2(O)CCOC2)cs1. The molecule has 2 heterocycles. The van der Waals surface area contributed by atoms with Crippen LogP contribution in [-0.4, -0.2) is 35.4 Å². The third-order valence-corrected chi connectivity index (χ3v) is 3.61. The van der Waals surface area contributed by atoms with Crippen molar-refractivity contribution < 1.29 is 14.8 Å². The van der Waals surface area contributed by atoms with Crippen LogP contribution in [0.5, 0.6) is 0 Å². The molecule has 1 aromatic rings. The number of aliphatic hydroxyl groups is 1. The average Bonchev–Trinajstić information content (AvgIpc) is 2.88. The van der Waals surface area contributed by atoms with Crippen molar-refractivity contribution >= 4 is 16.3 Å². The number of thiophene rings is 1. The summed E-state index contributed by atoms with van der Waals surface area (Å²) in [6, 6.07) is 1.55. The highest BCUT2D eigenvalue weighted by Crippen LogP contribution is 2.22. The van der Waals surface area contributed by atoms with Crippen LogP contribution in [0, 0.1) is 10.1 Å². The Labute approximate surface area is 102 Å². The van der Waals surface area contributed by atoms with E-state index >= 15 is 0 Å². The summed E-state index contributed by atoms with van der Waals surface area (Å²) in [7, 11) is 0. The van der Waals surface area contributed by atoms with Gasteiger partial charge in [0, 0.05) is 37.6 Å². The van der Waals surface area contributed by atoms with Crippen LogP contribution in [0.4, 0.5) is 5.00 Å². The molecule has 1 aliphatic heterocycles. The van der Waals surface area contributed by atoms with Crippen LogP contribution in [0.1, 0.15) is 12.0 Å². The summed E-state index contributed by atoms with van der Waals surface area (Å²) in [6.45, 7) is 1.90. The van der Waals surface area contributed by atoms with Crippen LogP contribution < -0.4 is 5.32 Å². The maximum atomic E-state index is 10.5. The fourth-order valence-electron chi connectivity index (χ4n) is 1.73. The van der Waals surface area contributed by atoms with Gasteiger partial charge < -0.3 is 15.2 Å². The van der Waals surface area contributed by atoms with Crippen molar-refractivity contribution in [1.29, 1.82) is 0 Å². The summed E-state index contributed by atoms with van der Waals surface area (Å²) in [5.41, 5.74) is 0.0753. The predicted octanol–water partition coefficient (Wildman–Crippen LogP) is 0.897. The maximum Gasteiger partial charge on any atom is 0.324 e. The lowest BCUT2D eigenvalue weighted by atomic mass is 10.0. The monoisotopic (exact) mass is 258 g/mol. The van der Waals surface area contributed by atoms with Crippen LogP contribution in [0.2, 0.25) is 0 Å². The minimum Gasteiger partial charge on any atom is -0.386 e. The molecule has 0 saturated carbocycles. The first-order valence-corrected chi connectivity index (χ1v) is 6.20. The first kappa shape index (κ1) is 12.4. The molecule has 17 heavy (non-hydrogen) atoms. The number of hydrogen-bond acceptors (Lipinski definition) is 6. The van der Waals surface area contributed by atoms with Gasteiger partial charge in [0.05, 0.1) is 11.5 Å². The first-order chi connectivity index (χ1) is 8.09. The van der Waals surface area contributed by atoms with Gasteiger partial charge in [0.1, 0.15) is 5.60 Å². The highest BCUT2D eigenvalue weighted by atomic mass is 32.1. The molecule has 0 aromatic carbocycles. The van der Waals surface area contributed by atoms with E-state index in [1.54, 1.807) is 11.4 Å². The molecule has 94 valence electrons. The topological polar surface area (TPSA) is 84.6 Å². The highest BCUT2D eigenvalue weighted by molar-refractivity contribution is 7.13. The Morgan fingerprint density at radius 3 is 3.12 bits per heavy atom. The summed E-state index contributed by atoms with van der Waals surface area (Å²) in [4.78, 5) is 10.1. The van der Waals surface area contributed by atoms with Gasteiger partial charge in [-0.1, -0.05) is 11.3 Å². The van der Waals surface area contributed by atoms with Gasteiger partial charge in [-0.3, -0.25) is 10.1 Å². The van der Waals surface area contributed by atoms with E-state index in [4.69, 9.17) is 4.74 Å². The van der Waals surface area contributed by atoms with Crippen LogP contribution in [0.3, 0.4) is 0 Å². The molecule has 1 aliphatic rings. The lowest BCUT2D eigenvalue weighted by molar-refractivity contribution is -0.380. The second-order valence-electron chi connectivity index (χ2n) is 4.18.